The molecule has 8 heteroatoms. The fourth-order valence-corrected chi connectivity index (χ4v) is 1.32. The minimum atomic E-state index is -1.36. The molecule has 8 nitrogen and oxygen atoms in total. The first-order valence-corrected chi connectivity index (χ1v) is 5.31. The standard InChI is InChI=1S/C11H12N2O6/c14-7-2-1-5-12-9(7)10(17)13-6(11(18)19)3-4-8(15)16/h1-2,5-6,14H,3-4H2,(H,13,17)(H,15,16)(H,18,19)/t6-/m0/s1. The lowest BCUT2D eigenvalue weighted by Gasteiger charge is -2.13. The number of hydrogen-bond donors (Lipinski definition) is 4. The molecule has 1 aromatic heterocycles. The van der Waals surface area contributed by atoms with Crippen LogP contribution in [0.1, 0.15) is 23.3 Å². The minimum Gasteiger partial charge on any atom is -0.505 e. The normalized spacial score (nSPS) is 11.6. The Hall–Kier alpha value is -2.64. The molecule has 0 fully saturated rings. The lowest BCUT2D eigenvalue weighted by molar-refractivity contribution is -0.140. The Morgan fingerprint density at radius 2 is 2.00 bits per heavy atom. The van der Waals surface area contributed by atoms with E-state index in [1.54, 1.807) is 0 Å². The van der Waals surface area contributed by atoms with Gasteiger partial charge in [0.25, 0.3) is 5.91 Å². The fraction of sp³-hybridized carbons (Fsp3) is 0.273. The summed E-state index contributed by atoms with van der Waals surface area (Å²) < 4.78 is 0. The zero-order valence-corrected chi connectivity index (χ0v) is 9.74. The largest absolute Gasteiger partial charge is 0.505 e. The second-order valence-corrected chi connectivity index (χ2v) is 3.67. The third kappa shape index (κ3) is 4.26. The molecule has 0 radical (unpaired) electrons. The molecule has 1 heterocycles. The highest BCUT2D eigenvalue weighted by Crippen LogP contribution is 2.12. The van der Waals surface area contributed by atoms with Gasteiger partial charge >= 0.3 is 11.9 Å². The van der Waals surface area contributed by atoms with E-state index in [1.165, 1.54) is 18.3 Å². The van der Waals surface area contributed by atoms with Crippen molar-refractivity contribution in [3.8, 4) is 5.75 Å². The first kappa shape index (κ1) is 14.4. The maximum Gasteiger partial charge on any atom is 0.326 e. The zero-order chi connectivity index (χ0) is 14.4. The van der Waals surface area contributed by atoms with Gasteiger partial charge in [0.2, 0.25) is 0 Å². The average molecular weight is 268 g/mol. The molecular formula is C11H12N2O6. The molecule has 0 aromatic carbocycles. The third-order valence-corrected chi connectivity index (χ3v) is 2.25. The number of aromatic hydroxyl groups is 1. The summed E-state index contributed by atoms with van der Waals surface area (Å²) in [6.45, 7) is 0. The van der Waals surface area contributed by atoms with Gasteiger partial charge < -0.3 is 20.6 Å². The van der Waals surface area contributed by atoms with E-state index in [-0.39, 0.29) is 17.9 Å². The number of carboxylic acid groups (broad SMARTS) is 2. The van der Waals surface area contributed by atoms with E-state index in [0.717, 1.165) is 0 Å². The number of carbonyl (C=O) groups excluding carboxylic acids is 1. The number of amides is 1. The summed E-state index contributed by atoms with van der Waals surface area (Å²) in [6, 6.07) is 1.28. The van der Waals surface area contributed by atoms with Gasteiger partial charge in [0, 0.05) is 12.6 Å². The van der Waals surface area contributed by atoms with Gasteiger partial charge in [0.15, 0.2) is 5.69 Å². The maximum atomic E-state index is 11.7. The van der Waals surface area contributed by atoms with E-state index in [0.29, 0.717) is 0 Å². The molecule has 0 aliphatic heterocycles. The molecule has 0 saturated carbocycles. The predicted octanol–water partition coefficient (Wildman–Crippen LogP) is -0.165. The molecule has 1 amide bonds. The van der Waals surface area contributed by atoms with Crippen LogP contribution in [0.4, 0.5) is 0 Å². The van der Waals surface area contributed by atoms with Crippen molar-refractivity contribution < 1.29 is 29.7 Å². The molecular weight excluding hydrogens is 256 g/mol. The molecule has 0 bridgehead atoms. The van der Waals surface area contributed by atoms with Gasteiger partial charge in [-0.25, -0.2) is 9.78 Å². The molecule has 1 aromatic rings. The van der Waals surface area contributed by atoms with E-state index in [1.807, 2.05) is 0 Å². The van der Waals surface area contributed by atoms with Crippen molar-refractivity contribution in [2.75, 3.05) is 0 Å². The van der Waals surface area contributed by atoms with E-state index in [2.05, 4.69) is 10.3 Å². The summed E-state index contributed by atoms with van der Waals surface area (Å²) >= 11 is 0. The highest BCUT2D eigenvalue weighted by atomic mass is 16.4. The highest BCUT2D eigenvalue weighted by Gasteiger charge is 2.23. The second-order valence-electron chi connectivity index (χ2n) is 3.67. The van der Waals surface area contributed by atoms with E-state index in [4.69, 9.17) is 10.2 Å². The smallest absolute Gasteiger partial charge is 0.326 e. The van der Waals surface area contributed by atoms with Gasteiger partial charge in [-0.15, -0.1) is 0 Å². The van der Waals surface area contributed by atoms with E-state index < -0.39 is 30.3 Å². The van der Waals surface area contributed by atoms with Crippen molar-refractivity contribution in [2.24, 2.45) is 0 Å². The highest BCUT2D eigenvalue weighted by molar-refractivity contribution is 5.97. The summed E-state index contributed by atoms with van der Waals surface area (Å²) in [7, 11) is 0. The van der Waals surface area contributed by atoms with Crippen LogP contribution in [0, 0.1) is 0 Å². The van der Waals surface area contributed by atoms with Crippen LogP contribution in [0.5, 0.6) is 5.75 Å². The Bertz CT molecular complexity index is 502. The summed E-state index contributed by atoms with van der Waals surface area (Å²) in [6.07, 6.45) is 0.608. The van der Waals surface area contributed by atoms with Crippen molar-refractivity contribution in [1.82, 2.24) is 10.3 Å². The molecule has 0 unspecified atom stereocenters. The minimum absolute atomic E-state index is 0.260. The van der Waals surface area contributed by atoms with Crippen molar-refractivity contribution in [3.63, 3.8) is 0 Å². The summed E-state index contributed by atoms with van der Waals surface area (Å²) in [4.78, 5) is 36.5. The Balaban J connectivity index is 2.74. The Kier molecular flexibility index (Phi) is 4.81. The number of rotatable bonds is 6. The first-order valence-electron chi connectivity index (χ1n) is 5.31. The number of pyridine rings is 1. The van der Waals surface area contributed by atoms with E-state index >= 15 is 0 Å². The molecule has 102 valence electrons. The van der Waals surface area contributed by atoms with Crippen LogP contribution in [0.15, 0.2) is 18.3 Å². The van der Waals surface area contributed by atoms with Gasteiger partial charge in [-0.1, -0.05) is 0 Å². The van der Waals surface area contributed by atoms with Gasteiger partial charge in [0.05, 0.1) is 0 Å². The average Bonchev–Trinajstić information content (AvgIpc) is 2.34. The predicted molar refractivity (Wildman–Crippen MR) is 61.7 cm³/mol. The van der Waals surface area contributed by atoms with Crippen molar-refractivity contribution >= 4 is 17.8 Å². The number of carbonyl (C=O) groups is 3. The molecule has 19 heavy (non-hydrogen) atoms. The van der Waals surface area contributed by atoms with Crippen molar-refractivity contribution in [1.29, 1.82) is 0 Å². The summed E-state index contributed by atoms with van der Waals surface area (Å²) in [5.74, 6) is -3.79. The molecule has 0 aliphatic rings. The van der Waals surface area contributed by atoms with Crippen LogP contribution in [0.3, 0.4) is 0 Å². The Labute approximate surface area is 107 Å². The van der Waals surface area contributed by atoms with Crippen molar-refractivity contribution in [2.45, 2.75) is 18.9 Å². The maximum absolute atomic E-state index is 11.7. The van der Waals surface area contributed by atoms with Gasteiger partial charge in [-0.05, 0) is 18.6 Å². The summed E-state index contributed by atoms with van der Waals surface area (Å²) in [5.41, 5.74) is -0.316. The van der Waals surface area contributed by atoms with Gasteiger partial charge in [-0.3, -0.25) is 9.59 Å². The van der Waals surface area contributed by atoms with Gasteiger partial charge in [0.1, 0.15) is 11.8 Å². The molecule has 1 atom stereocenters. The van der Waals surface area contributed by atoms with Crippen LogP contribution in [-0.2, 0) is 9.59 Å². The fourth-order valence-electron chi connectivity index (χ4n) is 1.32. The SMILES string of the molecule is O=C(O)CC[C@H](NC(=O)c1ncccc1O)C(=O)O. The van der Waals surface area contributed by atoms with E-state index in [9.17, 15) is 19.5 Å². The third-order valence-electron chi connectivity index (χ3n) is 2.25. The zero-order valence-electron chi connectivity index (χ0n) is 9.74. The quantitative estimate of drug-likeness (QED) is 0.562. The monoisotopic (exact) mass is 268 g/mol. The van der Waals surface area contributed by atoms with Crippen molar-refractivity contribution in [3.05, 3.63) is 24.0 Å². The molecule has 0 spiro atoms. The number of aromatic nitrogens is 1. The molecule has 1 rings (SSSR count). The Morgan fingerprint density at radius 1 is 1.32 bits per heavy atom. The number of nitrogens with one attached hydrogen (secondary N) is 1. The van der Waals surface area contributed by atoms with Crippen LogP contribution < -0.4 is 5.32 Å². The number of aliphatic carboxylic acids is 2. The lowest BCUT2D eigenvalue weighted by Crippen LogP contribution is -2.41. The number of hydrogen-bond acceptors (Lipinski definition) is 5. The summed E-state index contributed by atoms with van der Waals surface area (Å²) in [5, 5.41) is 28.8. The molecule has 4 N–H and O–H groups in total. The topological polar surface area (TPSA) is 137 Å². The van der Waals surface area contributed by atoms with Crippen LogP contribution in [0.2, 0.25) is 0 Å². The van der Waals surface area contributed by atoms with Crippen LogP contribution in [0.25, 0.3) is 0 Å². The lowest BCUT2D eigenvalue weighted by atomic mass is 10.1. The Morgan fingerprint density at radius 3 is 2.53 bits per heavy atom. The molecule has 0 saturated heterocycles. The second kappa shape index (κ2) is 6.34. The first-order chi connectivity index (χ1) is 8.91. The van der Waals surface area contributed by atoms with Crippen LogP contribution in [-0.4, -0.2) is 44.2 Å². The van der Waals surface area contributed by atoms with Crippen LogP contribution >= 0.6 is 0 Å². The number of carboxylic acids is 2. The number of nitrogens with zero attached hydrogens (tertiary/aromatic N) is 1. The van der Waals surface area contributed by atoms with Gasteiger partial charge in [-0.2, -0.15) is 0 Å². The molecule has 0 aliphatic carbocycles.